The van der Waals surface area contributed by atoms with Crippen molar-refractivity contribution in [3.05, 3.63) is 0 Å². The number of carbonyl (C=O) groups excluding carboxylic acids is 4. The van der Waals surface area contributed by atoms with Crippen LogP contribution in [0.4, 0.5) is 0 Å². The number of ether oxygens (including phenoxy) is 3. The van der Waals surface area contributed by atoms with Crippen LogP contribution in [0.2, 0.25) is 0 Å². The minimum atomic E-state index is -1.79. The van der Waals surface area contributed by atoms with Crippen LogP contribution in [0.25, 0.3) is 0 Å². The van der Waals surface area contributed by atoms with E-state index in [1.54, 1.807) is 41.5 Å². The Balaban J connectivity index is 5.53. The Morgan fingerprint density at radius 2 is 1.13 bits per heavy atom. The average Bonchev–Trinajstić information content (AvgIpc) is 2.38. The predicted octanol–water partition coefficient (Wildman–Crippen LogP) is 1.84. The van der Waals surface area contributed by atoms with Crippen molar-refractivity contribution in [3.63, 3.8) is 0 Å². The first kappa shape index (κ1) is 21.4. The van der Waals surface area contributed by atoms with E-state index >= 15 is 0 Å². The minimum absolute atomic E-state index is 0.775. The number of hydrogen-bond donors (Lipinski definition) is 0. The van der Waals surface area contributed by atoms with Crippen LogP contribution in [-0.2, 0) is 33.4 Å². The number of hydrogen-bond acceptors (Lipinski definition) is 7. The van der Waals surface area contributed by atoms with Gasteiger partial charge in [0, 0.05) is 0 Å². The Bertz CT molecular complexity index is 485. The van der Waals surface area contributed by atoms with Gasteiger partial charge in [-0.05, 0) is 53.1 Å². The molecule has 132 valence electrons. The van der Waals surface area contributed by atoms with E-state index < -0.39 is 46.2 Å². The van der Waals surface area contributed by atoms with Crippen molar-refractivity contribution in [2.24, 2.45) is 10.8 Å². The zero-order chi connectivity index (χ0) is 18.6. The maximum atomic E-state index is 12.0. The fraction of sp³-hybridized carbons (Fsp3) is 0.733. The van der Waals surface area contributed by atoms with Crippen LogP contribution in [-0.4, -0.2) is 42.5 Å². The van der Waals surface area contributed by atoms with Gasteiger partial charge in [-0.15, -0.1) is 0 Å². The first-order valence-electron chi connectivity index (χ1n) is 6.91. The summed E-state index contributed by atoms with van der Waals surface area (Å²) in [5, 5.41) is -1.15. The highest BCUT2D eigenvalue weighted by molar-refractivity contribution is 6.64. The third-order valence-corrected chi connectivity index (χ3v) is 2.84. The van der Waals surface area contributed by atoms with Crippen molar-refractivity contribution in [3.8, 4) is 0 Å². The largest absolute Gasteiger partial charge is 0.466 e. The Hall–Kier alpha value is -1.63. The second-order valence-electron chi connectivity index (χ2n) is 6.98. The summed E-state index contributed by atoms with van der Waals surface area (Å²) in [5.41, 5.74) is -1.89. The van der Waals surface area contributed by atoms with E-state index in [0.717, 1.165) is 7.11 Å². The fourth-order valence-corrected chi connectivity index (χ4v) is 1.32. The van der Waals surface area contributed by atoms with Crippen molar-refractivity contribution >= 4 is 34.8 Å². The normalized spacial score (nSPS) is 14.4. The quantitative estimate of drug-likeness (QED) is 0.424. The highest BCUT2D eigenvalue weighted by Crippen LogP contribution is 2.22. The van der Waals surface area contributed by atoms with Crippen LogP contribution in [0.3, 0.4) is 0 Å². The molecule has 0 aromatic rings. The van der Waals surface area contributed by atoms with E-state index in [1.165, 1.54) is 0 Å². The average molecular weight is 351 g/mol. The van der Waals surface area contributed by atoms with Gasteiger partial charge in [0.25, 0.3) is 5.24 Å². The topological polar surface area (TPSA) is 96.0 Å². The summed E-state index contributed by atoms with van der Waals surface area (Å²) < 4.78 is 14.5. The maximum absolute atomic E-state index is 12.0. The lowest BCUT2D eigenvalue weighted by Gasteiger charge is -2.27. The smallest absolute Gasteiger partial charge is 0.351 e. The van der Waals surface area contributed by atoms with Gasteiger partial charge in [-0.1, -0.05) is 0 Å². The molecule has 0 rings (SSSR count). The lowest BCUT2D eigenvalue weighted by molar-refractivity contribution is -0.188. The molecule has 0 saturated carbocycles. The molecule has 0 fully saturated rings. The SMILES string of the molecule is COC(=O)[C@H](OC(=O)C(C)(C)C)[C@@H](OC(=O)C(C)(C)C)C(=O)Cl. The predicted molar refractivity (Wildman–Crippen MR) is 81.5 cm³/mol. The van der Waals surface area contributed by atoms with Crippen molar-refractivity contribution in [2.45, 2.75) is 53.8 Å². The molecule has 0 aromatic carbocycles. The molecule has 0 bridgehead atoms. The monoisotopic (exact) mass is 350 g/mol. The molecular formula is C15H23ClO7. The summed E-state index contributed by atoms with van der Waals surface area (Å²) in [6.45, 7) is 9.34. The summed E-state index contributed by atoms with van der Waals surface area (Å²) in [6, 6.07) is 0. The Kier molecular flexibility index (Phi) is 7.22. The van der Waals surface area contributed by atoms with Gasteiger partial charge < -0.3 is 14.2 Å². The van der Waals surface area contributed by atoms with Gasteiger partial charge in [-0.2, -0.15) is 0 Å². The third-order valence-electron chi connectivity index (χ3n) is 2.62. The molecule has 0 radical (unpaired) electrons. The molecule has 0 aliphatic rings. The molecule has 7 nitrogen and oxygen atoms in total. The van der Waals surface area contributed by atoms with Crippen LogP contribution in [0.15, 0.2) is 0 Å². The van der Waals surface area contributed by atoms with Crippen LogP contribution < -0.4 is 0 Å². The first-order chi connectivity index (χ1) is 10.2. The van der Waals surface area contributed by atoms with Gasteiger partial charge in [0.2, 0.25) is 12.2 Å². The van der Waals surface area contributed by atoms with E-state index in [2.05, 4.69) is 4.74 Å². The fourth-order valence-electron chi connectivity index (χ4n) is 1.16. The summed E-state index contributed by atoms with van der Waals surface area (Å²) in [4.78, 5) is 47.4. The number of halogens is 1. The van der Waals surface area contributed by atoms with E-state index in [4.69, 9.17) is 21.1 Å². The molecule has 0 heterocycles. The van der Waals surface area contributed by atoms with Crippen molar-refractivity contribution in [1.82, 2.24) is 0 Å². The van der Waals surface area contributed by atoms with Crippen LogP contribution >= 0.6 is 11.6 Å². The van der Waals surface area contributed by atoms with E-state index in [0.29, 0.717) is 0 Å². The van der Waals surface area contributed by atoms with Crippen LogP contribution in [0.1, 0.15) is 41.5 Å². The highest BCUT2D eigenvalue weighted by atomic mass is 35.5. The third kappa shape index (κ3) is 6.56. The van der Waals surface area contributed by atoms with Crippen LogP contribution in [0, 0.1) is 10.8 Å². The number of rotatable bonds is 5. The first-order valence-corrected chi connectivity index (χ1v) is 7.29. The molecule has 0 spiro atoms. The Morgan fingerprint density at radius 1 is 0.783 bits per heavy atom. The summed E-state index contributed by atoms with van der Waals surface area (Å²) in [7, 11) is 1.04. The highest BCUT2D eigenvalue weighted by Gasteiger charge is 2.43. The molecule has 8 heteroatoms. The lowest BCUT2D eigenvalue weighted by atomic mass is 9.96. The molecule has 0 amide bonds. The molecular weight excluding hydrogens is 328 g/mol. The van der Waals surface area contributed by atoms with Gasteiger partial charge in [0.05, 0.1) is 17.9 Å². The van der Waals surface area contributed by atoms with Crippen molar-refractivity contribution < 1.29 is 33.4 Å². The standard InChI is InChI=1S/C15H23ClO7/c1-14(2,3)12(19)22-8(10(16)17)9(11(18)21-7)23-13(20)15(4,5)6/h8-9H,1-7H3/t8-,9-/m1/s1. The zero-order valence-corrected chi connectivity index (χ0v) is 15.1. The number of esters is 3. The second-order valence-corrected chi connectivity index (χ2v) is 7.35. The van der Waals surface area contributed by atoms with Gasteiger partial charge >= 0.3 is 17.9 Å². The van der Waals surface area contributed by atoms with Crippen molar-refractivity contribution in [2.75, 3.05) is 7.11 Å². The second kappa shape index (κ2) is 7.77. The zero-order valence-electron chi connectivity index (χ0n) is 14.4. The number of methoxy groups -OCH3 is 1. The van der Waals surface area contributed by atoms with E-state index in [-0.39, 0.29) is 0 Å². The molecule has 0 saturated heterocycles. The van der Waals surface area contributed by atoms with Crippen LogP contribution in [0.5, 0.6) is 0 Å². The minimum Gasteiger partial charge on any atom is -0.466 e. The van der Waals surface area contributed by atoms with Gasteiger partial charge in [-0.25, -0.2) is 4.79 Å². The van der Waals surface area contributed by atoms with Gasteiger partial charge in [-0.3, -0.25) is 14.4 Å². The Labute approximate surface area is 140 Å². The maximum Gasteiger partial charge on any atom is 0.351 e. The van der Waals surface area contributed by atoms with E-state index in [1.807, 2.05) is 0 Å². The molecule has 0 N–H and O–H groups in total. The lowest BCUT2D eigenvalue weighted by Crippen LogP contribution is -2.47. The van der Waals surface area contributed by atoms with Gasteiger partial charge in [0.1, 0.15) is 0 Å². The van der Waals surface area contributed by atoms with Gasteiger partial charge in [0.15, 0.2) is 0 Å². The number of carbonyl (C=O) groups is 4. The summed E-state index contributed by atoms with van der Waals surface area (Å²) in [6.07, 6.45) is -3.56. The molecule has 0 aliphatic heterocycles. The molecule has 2 atom stereocenters. The summed E-state index contributed by atoms with van der Waals surface area (Å²) in [5.74, 6) is -2.61. The molecule has 0 unspecified atom stereocenters. The Morgan fingerprint density at radius 3 is 1.39 bits per heavy atom. The molecule has 0 aromatic heterocycles. The summed E-state index contributed by atoms with van der Waals surface area (Å²) >= 11 is 5.42. The van der Waals surface area contributed by atoms with E-state index in [9.17, 15) is 19.2 Å². The molecule has 0 aliphatic carbocycles. The van der Waals surface area contributed by atoms with Crippen molar-refractivity contribution in [1.29, 1.82) is 0 Å². The molecule has 23 heavy (non-hydrogen) atoms.